The molecule has 2 heterocycles. The average Bonchev–Trinajstić information content (AvgIpc) is 3.07. The lowest BCUT2D eigenvalue weighted by Crippen LogP contribution is -2.50. The first-order valence-corrected chi connectivity index (χ1v) is 12.2. The third kappa shape index (κ3) is 4.81. The van der Waals surface area contributed by atoms with Crippen LogP contribution in [0.1, 0.15) is 64.4 Å². The van der Waals surface area contributed by atoms with Gasteiger partial charge in [-0.3, -0.25) is 4.79 Å². The second-order valence-corrected chi connectivity index (χ2v) is 10.3. The van der Waals surface area contributed by atoms with Gasteiger partial charge in [-0.25, -0.2) is 9.18 Å². The van der Waals surface area contributed by atoms with E-state index in [1.54, 1.807) is 26.0 Å². The first-order chi connectivity index (χ1) is 15.7. The molecular weight excluding hydrogens is 425 g/mol. The maximum atomic E-state index is 15.1. The first kappa shape index (κ1) is 23.8. The molecule has 1 saturated carbocycles. The summed E-state index contributed by atoms with van der Waals surface area (Å²) in [6.07, 6.45) is 4.40. The predicted octanol–water partition coefficient (Wildman–Crippen LogP) is 3.84. The van der Waals surface area contributed by atoms with Gasteiger partial charge >= 0.3 is 6.09 Å². The molecule has 1 spiro atoms. The summed E-state index contributed by atoms with van der Waals surface area (Å²) in [6.45, 7) is 5.69. The topological polar surface area (TPSA) is 84.3 Å². The summed E-state index contributed by atoms with van der Waals surface area (Å²) in [5.41, 5.74) is 0.634. The van der Waals surface area contributed by atoms with Crippen LogP contribution < -0.4 is 4.90 Å². The number of halogens is 1. The number of carbonyl (C=O) groups is 2. The van der Waals surface area contributed by atoms with Crippen LogP contribution in [0.2, 0.25) is 0 Å². The van der Waals surface area contributed by atoms with Crippen LogP contribution >= 0.6 is 0 Å². The van der Waals surface area contributed by atoms with E-state index in [0.29, 0.717) is 24.3 Å². The standard InChI is InChI=1S/C25H36FN3O4/c1-17(2)29(24(32)33)15-18-4-9-22(21(26)14-18)27-12-3-10-25(16-27)11-13-28(23(25)31)19-5-7-20(30)8-6-19/h4,9,14,17,19-20,30H,3,5-8,10-13,15-16H2,1-2H3,(H,32,33). The summed E-state index contributed by atoms with van der Waals surface area (Å²) in [7, 11) is 0. The number of aliphatic hydroxyl groups excluding tert-OH is 1. The van der Waals surface area contributed by atoms with Crippen LogP contribution in [0.3, 0.4) is 0 Å². The third-order valence-electron chi connectivity index (χ3n) is 7.80. The van der Waals surface area contributed by atoms with Gasteiger partial charge in [0.05, 0.1) is 17.2 Å². The van der Waals surface area contributed by atoms with E-state index in [1.165, 1.54) is 11.0 Å². The Labute approximate surface area is 195 Å². The zero-order chi connectivity index (χ0) is 23.8. The van der Waals surface area contributed by atoms with Gasteiger partial charge in [0.2, 0.25) is 5.91 Å². The Morgan fingerprint density at radius 3 is 2.58 bits per heavy atom. The molecule has 182 valence electrons. The highest BCUT2D eigenvalue weighted by atomic mass is 19.1. The van der Waals surface area contributed by atoms with E-state index < -0.39 is 11.5 Å². The molecule has 0 radical (unpaired) electrons. The molecule has 33 heavy (non-hydrogen) atoms. The highest BCUT2D eigenvalue weighted by Crippen LogP contribution is 2.43. The Hall–Kier alpha value is -2.35. The molecule has 2 amide bonds. The Morgan fingerprint density at radius 1 is 1.21 bits per heavy atom. The van der Waals surface area contributed by atoms with Crippen molar-refractivity contribution in [1.82, 2.24) is 9.80 Å². The van der Waals surface area contributed by atoms with Crippen molar-refractivity contribution in [3.8, 4) is 0 Å². The van der Waals surface area contributed by atoms with Crippen LogP contribution in [0.25, 0.3) is 0 Å². The van der Waals surface area contributed by atoms with Crippen molar-refractivity contribution in [2.24, 2.45) is 5.41 Å². The van der Waals surface area contributed by atoms with Crippen molar-refractivity contribution in [2.75, 3.05) is 24.5 Å². The normalized spacial score (nSPS) is 28.1. The van der Waals surface area contributed by atoms with E-state index in [2.05, 4.69) is 0 Å². The SMILES string of the molecule is CC(C)N(Cc1ccc(N2CCCC3(CCN(C4CCC(O)CC4)C3=O)C2)c(F)c1)C(=O)O. The fourth-order valence-corrected chi connectivity index (χ4v) is 5.85. The number of carbonyl (C=O) groups excluding carboxylic acids is 1. The van der Waals surface area contributed by atoms with Crippen LogP contribution in [0.15, 0.2) is 18.2 Å². The number of piperidine rings is 1. The molecule has 1 aromatic carbocycles. The first-order valence-electron chi connectivity index (χ1n) is 12.2. The highest BCUT2D eigenvalue weighted by molar-refractivity contribution is 5.86. The maximum Gasteiger partial charge on any atom is 0.407 e. The van der Waals surface area contributed by atoms with E-state index in [9.17, 15) is 19.8 Å². The summed E-state index contributed by atoms with van der Waals surface area (Å²) in [5.74, 6) is -0.179. The molecule has 3 aliphatic rings. The Bertz CT molecular complexity index is 886. The van der Waals surface area contributed by atoms with Crippen LogP contribution in [-0.4, -0.2) is 69.8 Å². The monoisotopic (exact) mass is 461 g/mol. The average molecular weight is 462 g/mol. The molecule has 2 aliphatic heterocycles. The van der Waals surface area contributed by atoms with E-state index >= 15 is 4.39 Å². The van der Waals surface area contributed by atoms with Gasteiger partial charge < -0.3 is 24.9 Å². The van der Waals surface area contributed by atoms with Crippen LogP contribution in [-0.2, 0) is 11.3 Å². The number of nitrogens with zero attached hydrogens (tertiary/aromatic N) is 3. The molecule has 2 N–H and O–H groups in total. The van der Waals surface area contributed by atoms with Crippen molar-refractivity contribution >= 4 is 17.7 Å². The van der Waals surface area contributed by atoms with Crippen molar-refractivity contribution in [2.45, 2.75) is 83.5 Å². The lowest BCUT2D eigenvalue weighted by Gasteiger charge is -2.41. The molecule has 8 heteroatoms. The van der Waals surface area contributed by atoms with Gasteiger partial charge in [-0.15, -0.1) is 0 Å². The molecule has 3 fully saturated rings. The number of aliphatic hydroxyl groups is 1. The summed E-state index contributed by atoms with van der Waals surface area (Å²) in [4.78, 5) is 30.3. The van der Waals surface area contributed by atoms with Gasteiger partial charge in [0.25, 0.3) is 0 Å². The number of hydrogen-bond acceptors (Lipinski definition) is 4. The molecule has 1 aliphatic carbocycles. The maximum absolute atomic E-state index is 15.1. The number of rotatable bonds is 5. The van der Waals surface area contributed by atoms with Gasteiger partial charge in [-0.05, 0) is 76.5 Å². The van der Waals surface area contributed by atoms with Crippen LogP contribution in [0.5, 0.6) is 0 Å². The van der Waals surface area contributed by atoms with Crippen LogP contribution in [0, 0.1) is 11.2 Å². The summed E-state index contributed by atoms with van der Waals surface area (Å²) in [5, 5.41) is 19.2. The van der Waals surface area contributed by atoms with Gasteiger partial charge in [-0.2, -0.15) is 0 Å². The number of amides is 2. The fraction of sp³-hybridized carbons (Fsp3) is 0.680. The molecule has 2 saturated heterocycles. The largest absolute Gasteiger partial charge is 0.465 e. The second-order valence-electron chi connectivity index (χ2n) is 10.3. The zero-order valence-corrected chi connectivity index (χ0v) is 19.7. The molecule has 1 atom stereocenters. The molecular formula is C25H36FN3O4. The summed E-state index contributed by atoms with van der Waals surface area (Å²) < 4.78 is 15.1. The summed E-state index contributed by atoms with van der Waals surface area (Å²) in [6, 6.07) is 4.95. The van der Waals surface area contributed by atoms with Gasteiger partial charge in [0, 0.05) is 38.3 Å². The van der Waals surface area contributed by atoms with Gasteiger partial charge in [0.15, 0.2) is 0 Å². The molecule has 1 unspecified atom stereocenters. The zero-order valence-electron chi connectivity index (χ0n) is 19.7. The smallest absolute Gasteiger partial charge is 0.407 e. The minimum Gasteiger partial charge on any atom is -0.465 e. The minimum atomic E-state index is -1.02. The van der Waals surface area contributed by atoms with E-state index in [-0.39, 0.29) is 36.5 Å². The van der Waals surface area contributed by atoms with E-state index in [0.717, 1.165) is 51.5 Å². The lowest BCUT2D eigenvalue weighted by molar-refractivity contribution is -0.139. The Kier molecular flexibility index (Phi) is 6.84. The van der Waals surface area contributed by atoms with Gasteiger partial charge in [-0.1, -0.05) is 6.07 Å². The number of hydrogen-bond donors (Lipinski definition) is 2. The molecule has 7 nitrogen and oxygen atoms in total. The second kappa shape index (κ2) is 9.49. The quantitative estimate of drug-likeness (QED) is 0.696. The third-order valence-corrected chi connectivity index (χ3v) is 7.80. The number of likely N-dealkylation sites (tertiary alicyclic amines) is 1. The number of benzene rings is 1. The molecule has 0 aromatic heterocycles. The Balaban J connectivity index is 1.46. The molecule has 4 rings (SSSR count). The lowest BCUT2D eigenvalue weighted by atomic mass is 9.78. The van der Waals surface area contributed by atoms with Crippen molar-refractivity contribution < 1.29 is 24.2 Å². The van der Waals surface area contributed by atoms with Crippen molar-refractivity contribution in [1.29, 1.82) is 0 Å². The highest BCUT2D eigenvalue weighted by Gasteiger charge is 2.50. The van der Waals surface area contributed by atoms with Crippen LogP contribution in [0.4, 0.5) is 14.9 Å². The summed E-state index contributed by atoms with van der Waals surface area (Å²) >= 11 is 0. The minimum absolute atomic E-state index is 0.137. The van der Waals surface area contributed by atoms with E-state index in [4.69, 9.17) is 0 Å². The molecule has 1 aromatic rings. The molecule has 0 bridgehead atoms. The predicted molar refractivity (Wildman–Crippen MR) is 124 cm³/mol. The fourth-order valence-electron chi connectivity index (χ4n) is 5.85. The number of carboxylic acid groups (broad SMARTS) is 1. The van der Waals surface area contributed by atoms with E-state index in [1.807, 2.05) is 9.80 Å². The Morgan fingerprint density at radius 2 is 1.94 bits per heavy atom. The van der Waals surface area contributed by atoms with Gasteiger partial charge in [0.1, 0.15) is 5.82 Å². The number of anilines is 1. The van der Waals surface area contributed by atoms with Crippen molar-refractivity contribution in [3.05, 3.63) is 29.6 Å². The van der Waals surface area contributed by atoms with Crippen molar-refractivity contribution in [3.63, 3.8) is 0 Å².